The summed E-state index contributed by atoms with van der Waals surface area (Å²) in [6.07, 6.45) is 9.79. The molecule has 0 aliphatic heterocycles. The van der Waals surface area contributed by atoms with Crippen LogP contribution < -0.4 is 9.47 Å². The van der Waals surface area contributed by atoms with Gasteiger partial charge in [0.1, 0.15) is 11.5 Å². The van der Waals surface area contributed by atoms with Crippen LogP contribution in [0.25, 0.3) is 43.1 Å². The molecular formula is C34H38O2. The van der Waals surface area contributed by atoms with Gasteiger partial charge in [-0.2, -0.15) is 0 Å². The molecule has 0 fully saturated rings. The highest BCUT2D eigenvalue weighted by Crippen LogP contribution is 2.36. The molecule has 0 N–H and O–H groups in total. The summed E-state index contributed by atoms with van der Waals surface area (Å²) in [6, 6.07) is 26.6. The van der Waals surface area contributed by atoms with Crippen LogP contribution in [0.1, 0.15) is 65.2 Å². The Kier molecular flexibility index (Phi) is 7.91. The highest BCUT2D eigenvalue weighted by Gasteiger charge is 2.09. The van der Waals surface area contributed by atoms with Gasteiger partial charge in [-0.05, 0) is 80.2 Å². The van der Waals surface area contributed by atoms with E-state index >= 15 is 0 Å². The van der Waals surface area contributed by atoms with Crippen molar-refractivity contribution in [2.75, 3.05) is 13.2 Å². The first kappa shape index (κ1) is 24.4. The Bertz CT molecular complexity index is 1350. The Morgan fingerprint density at radius 2 is 0.806 bits per heavy atom. The van der Waals surface area contributed by atoms with Crippen LogP contribution in [0.5, 0.6) is 11.5 Å². The Morgan fingerprint density at radius 3 is 1.25 bits per heavy atom. The average molecular weight is 479 g/mol. The molecule has 0 heterocycles. The molecule has 5 aromatic rings. The first-order valence-corrected chi connectivity index (χ1v) is 13.9. The van der Waals surface area contributed by atoms with Crippen molar-refractivity contribution in [3.05, 3.63) is 72.8 Å². The van der Waals surface area contributed by atoms with Gasteiger partial charge in [-0.3, -0.25) is 0 Å². The molecule has 0 saturated heterocycles. The van der Waals surface area contributed by atoms with E-state index in [1.54, 1.807) is 0 Å². The maximum atomic E-state index is 6.03. The summed E-state index contributed by atoms with van der Waals surface area (Å²) < 4.78 is 12.1. The molecule has 0 spiro atoms. The van der Waals surface area contributed by atoms with E-state index in [4.69, 9.17) is 9.47 Å². The maximum Gasteiger partial charge on any atom is 0.119 e. The van der Waals surface area contributed by atoms with E-state index in [1.807, 2.05) is 0 Å². The van der Waals surface area contributed by atoms with Crippen LogP contribution in [0.4, 0.5) is 0 Å². The van der Waals surface area contributed by atoms with Crippen molar-refractivity contribution in [1.82, 2.24) is 0 Å². The van der Waals surface area contributed by atoms with Crippen LogP contribution in [0, 0.1) is 0 Å². The van der Waals surface area contributed by atoms with E-state index in [1.165, 1.54) is 81.6 Å². The van der Waals surface area contributed by atoms with Gasteiger partial charge in [0.25, 0.3) is 0 Å². The molecule has 2 heteroatoms. The first-order chi connectivity index (χ1) is 17.8. The van der Waals surface area contributed by atoms with E-state index in [0.717, 1.165) is 37.6 Å². The Hall–Kier alpha value is -3.26. The fourth-order valence-corrected chi connectivity index (χ4v) is 5.28. The van der Waals surface area contributed by atoms with Crippen molar-refractivity contribution < 1.29 is 9.47 Å². The van der Waals surface area contributed by atoms with Gasteiger partial charge in [-0.15, -0.1) is 0 Å². The second-order valence-corrected chi connectivity index (χ2v) is 9.97. The second-order valence-electron chi connectivity index (χ2n) is 9.97. The van der Waals surface area contributed by atoms with Crippen molar-refractivity contribution in [2.45, 2.75) is 65.2 Å². The lowest BCUT2D eigenvalue weighted by molar-refractivity contribution is 0.305. The highest BCUT2D eigenvalue weighted by atomic mass is 16.5. The fourth-order valence-electron chi connectivity index (χ4n) is 5.28. The van der Waals surface area contributed by atoms with Crippen LogP contribution in [-0.2, 0) is 0 Å². The molecule has 0 radical (unpaired) electrons. The molecule has 186 valence electrons. The summed E-state index contributed by atoms with van der Waals surface area (Å²) in [5.74, 6) is 1.93. The Balaban J connectivity index is 1.41. The first-order valence-electron chi connectivity index (χ1n) is 13.9. The number of benzene rings is 5. The van der Waals surface area contributed by atoms with E-state index in [2.05, 4.69) is 86.6 Å². The molecule has 2 nitrogen and oxygen atoms in total. The predicted octanol–water partition coefficient (Wildman–Crippen LogP) is 10.2. The Labute approximate surface area is 215 Å². The number of rotatable bonds is 12. The van der Waals surface area contributed by atoms with Crippen molar-refractivity contribution in [3.63, 3.8) is 0 Å². The van der Waals surface area contributed by atoms with Crippen LogP contribution in [0.2, 0.25) is 0 Å². The summed E-state index contributed by atoms with van der Waals surface area (Å²) in [5.41, 5.74) is 0. The van der Waals surface area contributed by atoms with Crippen molar-refractivity contribution in [3.8, 4) is 11.5 Å². The monoisotopic (exact) mass is 478 g/mol. The van der Waals surface area contributed by atoms with Crippen molar-refractivity contribution >= 4 is 43.1 Å². The van der Waals surface area contributed by atoms with Crippen LogP contribution in [-0.4, -0.2) is 13.2 Å². The molecule has 0 bridgehead atoms. The zero-order valence-electron chi connectivity index (χ0n) is 21.8. The van der Waals surface area contributed by atoms with Gasteiger partial charge in [0.15, 0.2) is 0 Å². The number of hydrogen-bond acceptors (Lipinski definition) is 2. The zero-order chi connectivity index (χ0) is 24.7. The fraction of sp³-hybridized carbons (Fsp3) is 0.353. The third-order valence-electron chi connectivity index (χ3n) is 7.31. The molecule has 0 aliphatic carbocycles. The molecule has 0 saturated carbocycles. The molecule has 5 rings (SSSR count). The van der Waals surface area contributed by atoms with Crippen molar-refractivity contribution in [1.29, 1.82) is 0 Å². The van der Waals surface area contributed by atoms with Crippen molar-refractivity contribution in [2.24, 2.45) is 0 Å². The number of fused-ring (bicyclic) bond motifs is 7. The van der Waals surface area contributed by atoms with E-state index in [9.17, 15) is 0 Å². The lowest BCUT2D eigenvalue weighted by Crippen LogP contribution is -1.97. The summed E-state index contributed by atoms with van der Waals surface area (Å²) in [7, 11) is 0. The van der Waals surface area contributed by atoms with E-state index in [0.29, 0.717) is 0 Å². The Morgan fingerprint density at radius 1 is 0.417 bits per heavy atom. The normalized spacial score (nSPS) is 11.6. The predicted molar refractivity (Wildman–Crippen MR) is 156 cm³/mol. The van der Waals surface area contributed by atoms with Gasteiger partial charge in [0, 0.05) is 0 Å². The lowest BCUT2D eigenvalue weighted by atomic mass is 9.94. The van der Waals surface area contributed by atoms with Gasteiger partial charge in [-0.1, -0.05) is 101 Å². The van der Waals surface area contributed by atoms with E-state index < -0.39 is 0 Å². The largest absolute Gasteiger partial charge is 0.494 e. The molecule has 0 unspecified atom stereocenters. The minimum Gasteiger partial charge on any atom is -0.494 e. The molecule has 0 aliphatic rings. The molecular weight excluding hydrogens is 440 g/mol. The zero-order valence-corrected chi connectivity index (χ0v) is 21.8. The minimum atomic E-state index is 0.794. The average Bonchev–Trinajstić information content (AvgIpc) is 2.92. The highest BCUT2D eigenvalue weighted by molar-refractivity contribution is 6.22. The summed E-state index contributed by atoms with van der Waals surface area (Å²) in [6.45, 7) is 6.06. The quantitative estimate of drug-likeness (QED) is 0.131. The minimum absolute atomic E-state index is 0.794. The molecule has 0 amide bonds. The maximum absolute atomic E-state index is 6.03. The van der Waals surface area contributed by atoms with Gasteiger partial charge in [0.05, 0.1) is 13.2 Å². The van der Waals surface area contributed by atoms with Gasteiger partial charge in [-0.25, -0.2) is 0 Å². The molecule has 5 aromatic carbocycles. The number of unbranched alkanes of at least 4 members (excludes halogenated alkanes) is 6. The van der Waals surface area contributed by atoms with E-state index in [-0.39, 0.29) is 0 Å². The summed E-state index contributed by atoms with van der Waals surface area (Å²) in [5, 5.41) is 10.2. The second kappa shape index (κ2) is 11.6. The molecule has 36 heavy (non-hydrogen) atoms. The van der Waals surface area contributed by atoms with Gasteiger partial charge < -0.3 is 9.47 Å². The van der Waals surface area contributed by atoms with Crippen LogP contribution >= 0.6 is 0 Å². The third kappa shape index (κ3) is 5.28. The third-order valence-corrected chi connectivity index (χ3v) is 7.31. The molecule has 0 atom stereocenters. The standard InChI is InChI=1S/C34H38O2/c1-3-5-7-9-21-35-27-13-17-29-25(23-27)11-15-33-31(29)19-20-32-30-18-14-28(36-22-10-8-6-4-2)24-26(30)12-16-34(32)33/h11-20,23-24H,3-10,21-22H2,1-2H3. The smallest absolute Gasteiger partial charge is 0.119 e. The van der Waals surface area contributed by atoms with Gasteiger partial charge in [0.2, 0.25) is 0 Å². The number of hydrogen-bond donors (Lipinski definition) is 0. The molecule has 0 aromatic heterocycles. The van der Waals surface area contributed by atoms with Crippen LogP contribution in [0.3, 0.4) is 0 Å². The lowest BCUT2D eigenvalue weighted by Gasteiger charge is -2.12. The SMILES string of the molecule is CCCCCCOc1ccc2c(ccc3c2ccc2c4ccc(OCCCCCC)cc4ccc23)c1. The summed E-state index contributed by atoms with van der Waals surface area (Å²) >= 11 is 0. The summed E-state index contributed by atoms with van der Waals surface area (Å²) in [4.78, 5) is 0. The number of ether oxygens (including phenoxy) is 2. The topological polar surface area (TPSA) is 18.5 Å². The van der Waals surface area contributed by atoms with Crippen LogP contribution in [0.15, 0.2) is 72.8 Å². The van der Waals surface area contributed by atoms with Gasteiger partial charge >= 0.3 is 0 Å².